The summed E-state index contributed by atoms with van der Waals surface area (Å²) in [5, 5.41) is 3.38. The lowest BCUT2D eigenvalue weighted by molar-refractivity contribution is -0.118. The van der Waals surface area contributed by atoms with Crippen molar-refractivity contribution in [1.82, 2.24) is 5.32 Å². The molecule has 102 valence electrons. The molecule has 1 aliphatic rings. The van der Waals surface area contributed by atoms with E-state index in [1.807, 2.05) is 18.2 Å². The van der Waals surface area contributed by atoms with Gasteiger partial charge >= 0.3 is 0 Å². The van der Waals surface area contributed by atoms with Gasteiger partial charge in [0.05, 0.1) is 0 Å². The van der Waals surface area contributed by atoms with Crippen molar-refractivity contribution in [2.45, 2.75) is 40.2 Å². The zero-order valence-corrected chi connectivity index (χ0v) is 12.1. The van der Waals surface area contributed by atoms with Crippen LogP contribution in [0.3, 0.4) is 0 Å². The highest BCUT2D eigenvalue weighted by Crippen LogP contribution is 2.36. The van der Waals surface area contributed by atoms with E-state index in [4.69, 9.17) is 0 Å². The van der Waals surface area contributed by atoms with E-state index in [2.05, 4.69) is 38.2 Å². The van der Waals surface area contributed by atoms with Crippen LogP contribution >= 0.6 is 0 Å². The molecule has 0 unspecified atom stereocenters. The average molecular weight is 257 g/mol. The normalized spacial score (nSPS) is 18.8. The zero-order chi connectivity index (χ0) is 13.9. The Morgan fingerprint density at radius 2 is 1.79 bits per heavy atom. The van der Waals surface area contributed by atoms with Gasteiger partial charge in [-0.1, -0.05) is 49.8 Å². The summed E-state index contributed by atoms with van der Waals surface area (Å²) in [5.74, 6) is 0.314. The van der Waals surface area contributed by atoms with Crippen LogP contribution in [0.5, 0.6) is 0 Å². The van der Waals surface area contributed by atoms with Crippen molar-refractivity contribution in [2.24, 2.45) is 5.41 Å². The quantitative estimate of drug-likeness (QED) is 0.894. The molecule has 1 aromatic carbocycles. The summed E-state index contributed by atoms with van der Waals surface area (Å²) in [6.45, 7) is 7.94. The second-order valence-electron chi connectivity index (χ2n) is 6.29. The number of benzene rings is 1. The molecule has 2 nitrogen and oxygen atoms in total. The van der Waals surface area contributed by atoms with Gasteiger partial charge in [-0.25, -0.2) is 0 Å². The highest BCUT2D eigenvalue weighted by Gasteiger charge is 2.30. The van der Waals surface area contributed by atoms with Crippen LogP contribution in [0.4, 0.5) is 0 Å². The van der Waals surface area contributed by atoms with E-state index in [0.29, 0.717) is 18.7 Å². The van der Waals surface area contributed by atoms with Crippen LogP contribution in [0.15, 0.2) is 41.5 Å². The lowest BCUT2D eigenvalue weighted by Gasteiger charge is -2.31. The van der Waals surface area contributed by atoms with Crippen molar-refractivity contribution in [3.63, 3.8) is 0 Å². The SMILES string of the molecule is CC1=C(CNCc2ccccc2)C(=O)CC(C)(C)C1. The summed E-state index contributed by atoms with van der Waals surface area (Å²) in [6, 6.07) is 10.3. The van der Waals surface area contributed by atoms with Crippen LogP contribution in [0, 0.1) is 5.41 Å². The lowest BCUT2D eigenvalue weighted by atomic mass is 9.74. The Kier molecular flexibility index (Phi) is 4.20. The summed E-state index contributed by atoms with van der Waals surface area (Å²) in [6.07, 6.45) is 1.70. The molecule has 1 aromatic rings. The number of Topliss-reactive ketones (excluding diaryl/α,β-unsaturated/α-hetero) is 1. The number of carbonyl (C=O) groups excluding carboxylic acids is 1. The Morgan fingerprint density at radius 1 is 1.11 bits per heavy atom. The van der Waals surface area contributed by atoms with Gasteiger partial charge in [0, 0.05) is 25.1 Å². The maximum atomic E-state index is 12.2. The third kappa shape index (κ3) is 3.77. The molecular formula is C17H23NO. The number of hydrogen-bond acceptors (Lipinski definition) is 2. The van der Waals surface area contributed by atoms with Crippen molar-refractivity contribution >= 4 is 5.78 Å². The van der Waals surface area contributed by atoms with Gasteiger partial charge in [-0.15, -0.1) is 0 Å². The largest absolute Gasteiger partial charge is 0.308 e. The van der Waals surface area contributed by atoms with Crippen LogP contribution < -0.4 is 5.32 Å². The minimum atomic E-state index is 0.129. The van der Waals surface area contributed by atoms with Gasteiger partial charge in [-0.05, 0) is 24.3 Å². The molecule has 0 saturated heterocycles. The number of ketones is 1. The first kappa shape index (κ1) is 14.0. The van der Waals surface area contributed by atoms with Crippen LogP contribution in [0.25, 0.3) is 0 Å². The third-order valence-electron chi connectivity index (χ3n) is 3.71. The molecule has 0 aromatic heterocycles. The van der Waals surface area contributed by atoms with E-state index >= 15 is 0 Å². The highest BCUT2D eigenvalue weighted by molar-refractivity contribution is 5.97. The van der Waals surface area contributed by atoms with Crippen LogP contribution in [-0.4, -0.2) is 12.3 Å². The second kappa shape index (κ2) is 5.70. The molecule has 0 aliphatic heterocycles. The molecule has 2 rings (SSSR count). The summed E-state index contributed by atoms with van der Waals surface area (Å²) in [4.78, 5) is 12.2. The molecule has 0 spiro atoms. The highest BCUT2D eigenvalue weighted by atomic mass is 16.1. The molecule has 1 aliphatic carbocycles. The standard InChI is InChI=1S/C17H23NO/c1-13-9-17(2,3)10-16(19)15(13)12-18-11-14-7-5-4-6-8-14/h4-8,18H,9-12H2,1-3H3. The smallest absolute Gasteiger partial charge is 0.160 e. The van der Waals surface area contributed by atoms with Gasteiger partial charge in [-0.2, -0.15) is 0 Å². The van der Waals surface area contributed by atoms with Gasteiger partial charge in [0.25, 0.3) is 0 Å². The molecule has 1 N–H and O–H groups in total. The molecule has 0 radical (unpaired) electrons. The number of hydrogen-bond donors (Lipinski definition) is 1. The van der Waals surface area contributed by atoms with Gasteiger partial charge in [0.2, 0.25) is 0 Å². The number of rotatable bonds is 4. The number of allylic oxidation sites excluding steroid dienone is 1. The van der Waals surface area contributed by atoms with E-state index in [-0.39, 0.29) is 5.41 Å². The monoisotopic (exact) mass is 257 g/mol. The van der Waals surface area contributed by atoms with Gasteiger partial charge < -0.3 is 5.32 Å². The topological polar surface area (TPSA) is 29.1 Å². The summed E-state index contributed by atoms with van der Waals surface area (Å²) >= 11 is 0. The minimum absolute atomic E-state index is 0.129. The average Bonchev–Trinajstić information content (AvgIpc) is 2.32. The van der Waals surface area contributed by atoms with Crippen LogP contribution in [-0.2, 0) is 11.3 Å². The molecule has 19 heavy (non-hydrogen) atoms. The Labute approximate surface area is 115 Å². The first-order valence-corrected chi connectivity index (χ1v) is 6.94. The molecule has 2 heteroatoms. The Bertz CT molecular complexity index is 485. The summed E-state index contributed by atoms with van der Waals surface area (Å²) < 4.78 is 0. The van der Waals surface area contributed by atoms with E-state index in [1.54, 1.807) is 0 Å². The fourth-order valence-corrected chi connectivity index (χ4v) is 2.84. The fourth-order valence-electron chi connectivity index (χ4n) is 2.84. The summed E-state index contributed by atoms with van der Waals surface area (Å²) in [5.41, 5.74) is 3.63. The minimum Gasteiger partial charge on any atom is -0.308 e. The van der Waals surface area contributed by atoms with Crippen molar-refractivity contribution in [1.29, 1.82) is 0 Å². The summed E-state index contributed by atoms with van der Waals surface area (Å²) in [7, 11) is 0. The van der Waals surface area contributed by atoms with E-state index in [0.717, 1.165) is 18.5 Å². The van der Waals surface area contributed by atoms with Crippen molar-refractivity contribution in [3.8, 4) is 0 Å². The number of carbonyl (C=O) groups is 1. The fraction of sp³-hybridized carbons (Fsp3) is 0.471. The molecule has 0 fully saturated rings. The lowest BCUT2D eigenvalue weighted by Crippen LogP contribution is -2.30. The zero-order valence-electron chi connectivity index (χ0n) is 12.1. The molecular weight excluding hydrogens is 234 g/mol. The van der Waals surface area contributed by atoms with Gasteiger partial charge in [-0.3, -0.25) is 4.79 Å². The van der Waals surface area contributed by atoms with E-state index in [1.165, 1.54) is 11.1 Å². The van der Waals surface area contributed by atoms with Gasteiger partial charge in [0.1, 0.15) is 0 Å². The van der Waals surface area contributed by atoms with Gasteiger partial charge in [0.15, 0.2) is 5.78 Å². The molecule has 0 amide bonds. The predicted octanol–water partition coefficient (Wildman–Crippen LogP) is 3.48. The maximum Gasteiger partial charge on any atom is 0.160 e. The van der Waals surface area contributed by atoms with Crippen LogP contribution in [0.1, 0.15) is 39.2 Å². The number of nitrogens with one attached hydrogen (secondary N) is 1. The first-order chi connectivity index (χ1) is 8.98. The molecule has 0 heterocycles. The molecule has 0 bridgehead atoms. The second-order valence-corrected chi connectivity index (χ2v) is 6.29. The Balaban J connectivity index is 1.94. The van der Waals surface area contributed by atoms with Crippen molar-refractivity contribution in [2.75, 3.05) is 6.54 Å². The third-order valence-corrected chi connectivity index (χ3v) is 3.71. The van der Waals surface area contributed by atoms with Crippen molar-refractivity contribution in [3.05, 3.63) is 47.0 Å². The van der Waals surface area contributed by atoms with E-state index in [9.17, 15) is 4.79 Å². The Hall–Kier alpha value is -1.41. The Morgan fingerprint density at radius 3 is 2.42 bits per heavy atom. The first-order valence-electron chi connectivity index (χ1n) is 6.94. The molecule has 0 atom stereocenters. The molecule has 0 saturated carbocycles. The van der Waals surface area contributed by atoms with Crippen LogP contribution in [0.2, 0.25) is 0 Å². The van der Waals surface area contributed by atoms with E-state index < -0.39 is 0 Å². The maximum absolute atomic E-state index is 12.2. The predicted molar refractivity (Wildman–Crippen MR) is 78.9 cm³/mol. The van der Waals surface area contributed by atoms with Crippen molar-refractivity contribution < 1.29 is 4.79 Å².